The molecule has 0 bridgehead atoms. The summed E-state index contributed by atoms with van der Waals surface area (Å²) in [6.07, 6.45) is 1.28. The highest BCUT2D eigenvalue weighted by Crippen LogP contribution is 2.18. The number of rotatable bonds is 5. The molecule has 0 aliphatic rings. The Bertz CT molecular complexity index is 751. The number of carboxylic acid groups (broad SMARTS) is 1. The van der Waals surface area contributed by atoms with E-state index in [0.717, 1.165) is 11.6 Å². The number of hydrogen-bond acceptors (Lipinski definition) is 3. The molecule has 0 spiro atoms. The van der Waals surface area contributed by atoms with Crippen LogP contribution < -0.4 is 4.72 Å². The first kappa shape index (κ1) is 15.3. The Hall–Kier alpha value is -2.12. The Morgan fingerprint density at radius 1 is 1.29 bits per heavy atom. The Morgan fingerprint density at radius 3 is 2.43 bits per heavy atom. The van der Waals surface area contributed by atoms with Gasteiger partial charge in [-0.15, -0.1) is 0 Å². The summed E-state index contributed by atoms with van der Waals surface area (Å²) in [4.78, 5) is 10.9. The van der Waals surface area contributed by atoms with Crippen LogP contribution in [-0.2, 0) is 17.1 Å². The van der Waals surface area contributed by atoms with Gasteiger partial charge in [0.05, 0.1) is 0 Å². The van der Waals surface area contributed by atoms with E-state index in [0.29, 0.717) is 0 Å². The topological polar surface area (TPSA) is 88.4 Å². The average molecular weight is 308 g/mol. The fourth-order valence-corrected chi connectivity index (χ4v) is 3.31. The molecule has 2 rings (SSSR count). The van der Waals surface area contributed by atoms with E-state index >= 15 is 0 Å². The van der Waals surface area contributed by atoms with E-state index in [1.165, 1.54) is 17.8 Å². The van der Waals surface area contributed by atoms with Gasteiger partial charge in [0.1, 0.15) is 10.6 Å². The summed E-state index contributed by atoms with van der Waals surface area (Å²) in [6.45, 7) is 1.73. The van der Waals surface area contributed by atoms with Crippen LogP contribution in [0.25, 0.3) is 0 Å². The molecule has 7 heteroatoms. The minimum absolute atomic E-state index is 0.0646. The predicted octanol–water partition coefficient (Wildman–Crippen LogP) is 1.76. The lowest BCUT2D eigenvalue weighted by Crippen LogP contribution is -2.26. The van der Waals surface area contributed by atoms with Gasteiger partial charge in [0.15, 0.2) is 0 Å². The van der Waals surface area contributed by atoms with Crippen molar-refractivity contribution < 1.29 is 18.3 Å². The quantitative estimate of drug-likeness (QED) is 0.881. The summed E-state index contributed by atoms with van der Waals surface area (Å²) in [5, 5.41) is 8.97. The number of nitrogens with zero attached hydrogens (tertiary/aromatic N) is 1. The number of nitrogens with one attached hydrogen (secondary N) is 1. The molecule has 0 amide bonds. The third-order valence-corrected chi connectivity index (χ3v) is 4.65. The van der Waals surface area contributed by atoms with Crippen molar-refractivity contribution in [1.82, 2.24) is 9.29 Å². The van der Waals surface area contributed by atoms with Gasteiger partial charge in [-0.1, -0.05) is 30.3 Å². The number of benzene rings is 1. The predicted molar refractivity (Wildman–Crippen MR) is 77.6 cm³/mol. The summed E-state index contributed by atoms with van der Waals surface area (Å²) in [5.41, 5.74) is 0.748. The Labute approximate surface area is 123 Å². The van der Waals surface area contributed by atoms with E-state index < -0.39 is 22.0 Å². The lowest BCUT2D eigenvalue weighted by atomic mass is 10.1. The molecule has 1 unspecified atom stereocenters. The van der Waals surface area contributed by atoms with E-state index in [1.807, 2.05) is 30.3 Å². The van der Waals surface area contributed by atoms with E-state index in [1.54, 1.807) is 6.92 Å². The monoisotopic (exact) mass is 308 g/mol. The van der Waals surface area contributed by atoms with Crippen molar-refractivity contribution in [1.29, 1.82) is 0 Å². The number of hydrogen-bond donors (Lipinski definition) is 2. The number of carbonyl (C=O) groups is 1. The van der Waals surface area contributed by atoms with Crippen LogP contribution in [0.3, 0.4) is 0 Å². The molecule has 2 N–H and O–H groups in total. The maximum Gasteiger partial charge on any atom is 0.352 e. The first-order valence-corrected chi connectivity index (χ1v) is 7.76. The minimum atomic E-state index is -3.78. The molecule has 112 valence electrons. The second-order valence-electron chi connectivity index (χ2n) is 4.73. The normalized spacial score (nSPS) is 13.0. The van der Waals surface area contributed by atoms with Crippen LogP contribution in [-0.4, -0.2) is 24.1 Å². The number of carboxylic acids is 1. The molecule has 2 aromatic rings. The van der Waals surface area contributed by atoms with E-state index in [2.05, 4.69) is 4.72 Å². The van der Waals surface area contributed by atoms with Gasteiger partial charge in [0, 0.05) is 19.3 Å². The smallest absolute Gasteiger partial charge is 0.352 e. The second kappa shape index (κ2) is 5.71. The van der Waals surface area contributed by atoms with E-state index in [9.17, 15) is 13.2 Å². The molecule has 1 atom stereocenters. The highest BCUT2D eigenvalue weighted by molar-refractivity contribution is 7.89. The molecule has 0 aliphatic carbocycles. The van der Waals surface area contributed by atoms with Crippen molar-refractivity contribution in [3.05, 3.63) is 53.9 Å². The fraction of sp³-hybridized carbons (Fsp3) is 0.214. The largest absolute Gasteiger partial charge is 0.477 e. The molecule has 0 fully saturated rings. The lowest BCUT2D eigenvalue weighted by Gasteiger charge is -2.13. The molecule has 0 radical (unpaired) electrons. The molecular formula is C14H16N2O4S. The first-order valence-electron chi connectivity index (χ1n) is 6.28. The zero-order chi connectivity index (χ0) is 15.6. The third kappa shape index (κ3) is 3.32. The standard InChI is InChI=1S/C14H16N2O4S/c1-10(11-6-4-3-5-7-11)15-21(19,20)12-8-13(14(17)18)16(2)9-12/h3-10,15H,1-2H3,(H,17,18). The number of aromatic carboxylic acids is 1. The van der Waals surface area contributed by atoms with Crippen molar-refractivity contribution in [3.8, 4) is 0 Å². The van der Waals surface area contributed by atoms with Gasteiger partial charge in [0.2, 0.25) is 10.0 Å². The summed E-state index contributed by atoms with van der Waals surface area (Å²) in [6, 6.07) is 9.87. The Morgan fingerprint density at radius 2 is 1.90 bits per heavy atom. The minimum Gasteiger partial charge on any atom is -0.477 e. The Balaban J connectivity index is 2.27. The second-order valence-corrected chi connectivity index (χ2v) is 6.44. The van der Waals surface area contributed by atoms with Crippen molar-refractivity contribution in [3.63, 3.8) is 0 Å². The number of aryl methyl sites for hydroxylation is 1. The van der Waals surface area contributed by atoms with Gasteiger partial charge in [-0.3, -0.25) is 0 Å². The van der Waals surface area contributed by atoms with Crippen molar-refractivity contribution in [2.75, 3.05) is 0 Å². The molecule has 21 heavy (non-hydrogen) atoms. The zero-order valence-corrected chi connectivity index (χ0v) is 12.5. The molecular weight excluding hydrogens is 292 g/mol. The zero-order valence-electron chi connectivity index (χ0n) is 11.6. The molecule has 1 aromatic carbocycles. The first-order chi connectivity index (χ1) is 9.81. The van der Waals surface area contributed by atoms with Gasteiger partial charge < -0.3 is 9.67 Å². The van der Waals surface area contributed by atoms with Crippen LogP contribution >= 0.6 is 0 Å². The van der Waals surface area contributed by atoms with Crippen LogP contribution in [0.2, 0.25) is 0 Å². The highest BCUT2D eigenvalue weighted by atomic mass is 32.2. The molecule has 0 saturated carbocycles. The summed E-state index contributed by atoms with van der Waals surface area (Å²) < 4.78 is 28.4. The van der Waals surface area contributed by atoms with E-state index in [4.69, 9.17) is 5.11 Å². The summed E-state index contributed by atoms with van der Waals surface area (Å²) in [5.74, 6) is -1.17. The molecule has 1 heterocycles. The SMILES string of the molecule is CC(NS(=O)(=O)c1cc(C(=O)O)n(C)c1)c1ccccc1. The lowest BCUT2D eigenvalue weighted by molar-refractivity contribution is 0.0686. The fourth-order valence-electron chi connectivity index (χ4n) is 2.00. The summed E-state index contributed by atoms with van der Waals surface area (Å²) in [7, 11) is -2.29. The number of aromatic nitrogens is 1. The molecule has 0 aliphatic heterocycles. The van der Waals surface area contributed by atoms with Crippen LogP contribution in [0, 0.1) is 0 Å². The van der Waals surface area contributed by atoms with Gasteiger partial charge in [-0.05, 0) is 18.6 Å². The van der Waals surface area contributed by atoms with Crippen LogP contribution in [0.15, 0.2) is 47.5 Å². The highest BCUT2D eigenvalue weighted by Gasteiger charge is 2.22. The van der Waals surface area contributed by atoms with Gasteiger partial charge in [-0.25, -0.2) is 17.9 Å². The average Bonchev–Trinajstić information content (AvgIpc) is 2.82. The number of sulfonamides is 1. The van der Waals surface area contributed by atoms with Crippen LogP contribution in [0.4, 0.5) is 0 Å². The summed E-state index contributed by atoms with van der Waals surface area (Å²) >= 11 is 0. The van der Waals surface area contributed by atoms with Crippen molar-refractivity contribution >= 4 is 16.0 Å². The molecule has 0 saturated heterocycles. The van der Waals surface area contributed by atoms with Crippen molar-refractivity contribution in [2.24, 2.45) is 7.05 Å². The van der Waals surface area contributed by atoms with Crippen molar-refractivity contribution in [2.45, 2.75) is 17.9 Å². The van der Waals surface area contributed by atoms with Gasteiger partial charge in [-0.2, -0.15) is 0 Å². The maximum atomic E-state index is 12.3. The Kier molecular flexibility index (Phi) is 4.15. The van der Waals surface area contributed by atoms with Crippen LogP contribution in [0.1, 0.15) is 29.0 Å². The van der Waals surface area contributed by atoms with E-state index in [-0.39, 0.29) is 10.6 Å². The van der Waals surface area contributed by atoms with Gasteiger partial charge in [0.25, 0.3) is 0 Å². The third-order valence-electron chi connectivity index (χ3n) is 3.14. The molecule has 1 aromatic heterocycles. The van der Waals surface area contributed by atoms with Gasteiger partial charge >= 0.3 is 5.97 Å². The molecule has 6 nitrogen and oxygen atoms in total. The maximum absolute atomic E-state index is 12.3. The van der Waals surface area contributed by atoms with Crippen LogP contribution in [0.5, 0.6) is 0 Å².